The van der Waals surface area contributed by atoms with Crippen LogP contribution in [0.4, 0.5) is 0 Å². The lowest BCUT2D eigenvalue weighted by Crippen LogP contribution is -2.30. The van der Waals surface area contributed by atoms with E-state index >= 15 is 0 Å². The van der Waals surface area contributed by atoms with E-state index in [2.05, 4.69) is 103 Å². The van der Waals surface area contributed by atoms with Gasteiger partial charge in [-0.3, -0.25) is 0 Å². The molecule has 0 spiro atoms. The Kier molecular flexibility index (Phi) is 7.36. The first-order valence-corrected chi connectivity index (χ1v) is 12.5. The standard InChI is InChI=1S/C20H37BrO2Si2/c1-17(2,3)24-22-19(7,8)14-11-15(13-16(21)12-14)20(9,10)23-25-18(4,5)6/h11-13H,24-25H2,1-10H3. The number of halogens is 1. The topological polar surface area (TPSA) is 18.5 Å². The summed E-state index contributed by atoms with van der Waals surface area (Å²) in [6.45, 7) is 22.3. The smallest absolute Gasteiger partial charge is 0.168 e. The zero-order valence-corrected chi connectivity index (χ0v) is 22.3. The maximum absolute atomic E-state index is 6.40. The summed E-state index contributed by atoms with van der Waals surface area (Å²) in [4.78, 5) is 0. The van der Waals surface area contributed by atoms with Gasteiger partial charge in [-0.05, 0) is 61.0 Å². The highest BCUT2D eigenvalue weighted by Gasteiger charge is 2.29. The highest BCUT2D eigenvalue weighted by molar-refractivity contribution is 9.10. The second-order valence-electron chi connectivity index (χ2n) is 10.4. The number of rotatable bonds is 6. The molecule has 2 nitrogen and oxygen atoms in total. The molecule has 0 unspecified atom stereocenters. The van der Waals surface area contributed by atoms with Crippen molar-refractivity contribution in [2.75, 3.05) is 0 Å². The Balaban J connectivity index is 3.09. The van der Waals surface area contributed by atoms with Crippen molar-refractivity contribution in [3.63, 3.8) is 0 Å². The van der Waals surface area contributed by atoms with Gasteiger partial charge in [-0.25, -0.2) is 0 Å². The van der Waals surface area contributed by atoms with E-state index < -0.39 is 19.5 Å². The Morgan fingerprint density at radius 3 is 1.24 bits per heavy atom. The molecule has 144 valence electrons. The molecule has 0 amide bonds. The number of hydrogen-bond acceptors (Lipinski definition) is 2. The van der Waals surface area contributed by atoms with Crippen molar-refractivity contribution in [3.05, 3.63) is 33.8 Å². The average molecular weight is 446 g/mol. The molecule has 1 aromatic rings. The summed E-state index contributed by atoms with van der Waals surface area (Å²) in [6, 6.07) is 6.62. The van der Waals surface area contributed by atoms with E-state index in [1.165, 1.54) is 11.1 Å². The summed E-state index contributed by atoms with van der Waals surface area (Å²) in [5.41, 5.74) is 1.86. The average Bonchev–Trinajstić information content (AvgIpc) is 2.41. The van der Waals surface area contributed by atoms with Crippen LogP contribution in [0, 0.1) is 0 Å². The van der Waals surface area contributed by atoms with Gasteiger partial charge in [0.1, 0.15) is 0 Å². The molecule has 25 heavy (non-hydrogen) atoms. The third-order valence-corrected chi connectivity index (χ3v) is 7.94. The fourth-order valence-corrected chi connectivity index (χ4v) is 4.66. The third kappa shape index (κ3) is 8.08. The van der Waals surface area contributed by atoms with Gasteiger partial charge in [0.2, 0.25) is 0 Å². The fourth-order valence-electron chi connectivity index (χ4n) is 2.25. The normalized spacial score (nSPS) is 15.0. The molecular weight excluding hydrogens is 408 g/mol. The molecule has 0 heterocycles. The van der Waals surface area contributed by atoms with Crippen molar-refractivity contribution in [2.45, 2.75) is 90.5 Å². The molecule has 0 saturated carbocycles. The minimum absolute atomic E-state index is 0.282. The second-order valence-corrected chi connectivity index (χ2v) is 16.8. The fraction of sp³-hybridized carbons (Fsp3) is 0.700. The summed E-state index contributed by atoms with van der Waals surface area (Å²) in [5.74, 6) is 0. The summed E-state index contributed by atoms with van der Waals surface area (Å²) in [6.07, 6.45) is 0. The SMILES string of the molecule is CC(C)(C)[SiH2]OC(C)(C)c1cc(Br)cc(C(C)(C)O[SiH2]C(C)(C)C)c1. The van der Waals surface area contributed by atoms with Crippen LogP contribution in [-0.2, 0) is 20.1 Å². The maximum Gasteiger partial charge on any atom is 0.168 e. The van der Waals surface area contributed by atoms with Crippen molar-refractivity contribution in [1.29, 1.82) is 0 Å². The molecule has 0 bridgehead atoms. The van der Waals surface area contributed by atoms with Crippen molar-refractivity contribution in [1.82, 2.24) is 0 Å². The van der Waals surface area contributed by atoms with Gasteiger partial charge in [0.05, 0.1) is 11.2 Å². The molecule has 0 aromatic heterocycles. The van der Waals surface area contributed by atoms with E-state index in [-0.39, 0.29) is 21.3 Å². The Bertz CT molecular complexity index is 536. The second kappa shape index (κ2) is 7.97. The van der Waals surface area contributed by atoms with Gasteiger partial charge in [0, 0.05) is 4.47 Å². The first kappa shape index (κ1) is 23.1. The lowest BCUT2D eigenvalue weighted by molar-refractivity contribution is 0.102. The van der Waals surface area contributed by atoms with Crippen LogP contribution in [0.1, 0.15) is 80.4 Å². The van der Waals surface area contributed by atoms with Gasteiger partial charge in [0.15, 0.2) is 19.5 Å². The van der Waals surface area contributed by atoms with Gasteiger partial charge in [-0.2, -0.15) is 0 Å². The number of hydrogen-bond donors (Lipinski definition) is 0. The van der Waals surface area contributed by atoms with Crippen molar-refractivity contribution < 1.29 is 8.85 Å². The summed E-state index contributed by atoms with van der Waals surface area (Å²) < 4.78 is 13.9. The predicted molar refractivity (Wildman–Crippen MR) is 119 cm³/mol. The van der Waals surface area contributed by atoms with Crippen molar-refractivity contribution in [2.24, 2.45) is 0 Å². The lowest BCUT2D eigenvalue weighted by Gasteiger charge is -2.34. The first-order valence-electron chi connectivity index (χ1n) is 9.11. The molecule has 1 rings (SSSR count). The predicted octanol–water partition coefficient (Wildman–Crippen LogP) is 5.56. The molecule has 0 fully saturated rings. The minimum Gasteiger partial charge on any atom is -0.415 e. The zero-order chi connectivity index (χ0) is 19.7. The van der Waals surface area contributed by atoms with Crippen LogP contribution < -0.4 is 0 Å². The van der Waals surface area contributed by atoms with Crippen LogP contribution >= 0.6 is 15.9 Å². The Hall–Kier alpha value is 0.0538. The Morgan fingerprint density at radius 2 is 0.960 bits per heavy atom. The molecule has 0 saturated heterocycles. The van der Waals surface area contributed by atoms with Gasteiger partial charge in [0.25, 0.3) is 0 Å². The van der Waals surface area contributed by atoms with Crippen LogP contribution in [0.15, 0.2) is 22.7 Å². The molecule has 0 radical (unpaired) electrons. The lowest BCUT2D eigenvalue weighted by atomic mass is 9.91. The molecule has 5 heteroatoms. The van der Waals surface area contributed by atoms with E-state index in [0.717, 1.165) is 4.47 Å². The molecular formula is C20H37BrO2Si2. The highest BCUT2D eigenvalue weighted by atomic mass is 79.9. The molecule has 0 atom stereocenters. The summed E-state index contributed by atoms with van der Waals surface area (Å²) in [7, 11) is -1.25. The van der Waals surface area contributed by atoms with E-state index in [4.69, 9.17) is 8.85 Å². The van der Waals surface area contributed by atoms with Crippen LogP contribution in [0.3, 0.4) is 0 Å². The van der Waals surface area contributed by atoms with Crippen LogP contribution in [0.5, 0.6) is 0 Å². The van der Waals surface area contributed by atoms with Crippen molar-refractivity contribution >= 4 is 35.5 Å². The van der Waals surface area contributed by atoms with E-state index in [9.17, 15) is 0 Å². The van der Waals surface area contributed by atoms with E-state index in [1.54, 1.807) is 0 Å². The number of benzene rings is 1. The highest BCUT2D eigenvalue weighted by Crippen LogP contribution is 2.36. The van der Waals surface area contributed by atoms with Crippen LogP contribution in [0.25, 0.3) is 0 Å². The Labute approximate surface area is 168 Å². The maximum atomic E-state index is 6.40. The molecule has 0 N–H and O–H groups in total. The molecule has 0 aliphatic rings. The minimum atomic E-state index is -0.625. The first-order chi connectivity index (χ1) is 11.0. The van der Waals surface area contributed by atoms with E-state index in [1.807, 2.05) is 0 Å². The van der Waals surface area contributed by atoms with Gasteiger partial charge in [-0.1, -0.05) is 63.5 Å². The van der Waals surface area contributed by atoms with Crippen LogP contribution in [-0.4, -0.2) is 19.5 Å². The summed E-state index contributed by atoms with van der Waals surface area (Å²) >= 11 is 3.69. The zero-order valence-electron chi connectivity index (χ0n) is 17.8. The van der Waals surface area contributed by atoms with Gasteiger partial charge >= 0.3 is 0 Å². The Morgan fingerprint density at radius 1 is 0.640 bits per heavy atom. The van der Waals surface area contributed by atoms with Gasteiger partial charge in [-0.15, -0.1) is 0 Å². The molecule has 1 aromatic carbocycles. The summed E-state index contributed by atoms with van der Waals surface area (Å²) in [5, 5.41) is 0.569. The van der Waals surface area contributed by atoms with Crippen LogP contribution in [0.2, 0.25) is 10.1 Å². The third-order valence-electron chi connectivity index (χ3n) is 4.02. The molecule has 0 aliphatic heterocycles. The molecule has 0 aliphatic carbocycles. The van der Waals surface area contributed by atoms with Gasteiger partial charge < -0.3 is 8.85 Å². The van der Waals surface area contributed by atoms with Crippen molar-refractivity contribution in [3.8, 4) is 0 Å². The largest absolute Gasteiger partial charge is 0.415 e. The van der Waals surface area contributed by atoms with E-state index in [0.29, 0.717) is 0 Å². The monoisotopic (exact) mass is 444 g/mol. The quantitative estimate of drug-likeness (QED) is 0.534.